The largest absolute Gasteiger partial charge is 0.506 e. The van der Waals surface area contributed by atoms with Crippen molar-refractivity contribution in [3.05, 3.63) is 57.7 Å². The molecule has 3 aliphatic heterocycles. The fourth-order valence-corrected chi connectivity index (χ4v) is 8.30. The fraction of sp³-hybridized carbons (Fsp3) is 0.553. The fourth-order valence-electron chi connectivity index (χ4n) is 8.30. The van der Waals surface area contributed by atoms with Crippen LogP contribution in [0.4, 0.5) is 0 Å². The molecule has 0 aromatic heterocycles. The van der Waals surface area contributed by atoms with Crippen LogP contribution in [0.3, 0.4) is 0 Å². The predicted octanol–water partition coefficient (Wildman–Crippen LogP) is 5.40. The second kappa shape index (κ2) is 10.9. The van der Waals surface area contributed by atoms with Crippen molar-refractivity contribution in [1.29, 1.82) is 0 Å². The van der Waals surface area contributed by atoms with Crippen molar-refractivity contribution < 1.29 is 49.0 Å². The molecule has 48 heavy (non-hydrogen) atoms. The number of hydrogen-bond donors (Lipinski definition) is 4. The smallest absolute Gasteiger partial charge is 0.330 e. The minimum Gasteiger partial charge on any atom is -0.506 e. The van der Waals surface area contributed by atoms with Crippen LogP contribution in [0.5, 0.6) is 17.2 Å². The van der Waals surface area contributed by atoms with Crippen LogP contribution in [-0.4, -0.2) is 72.1 Å². The van der Waals surface area contributed by atoms with Crippen molar-refractivity contribution in [3.63, 3.8) is 0 Å². The zero-order valence-electron chi connectivity index (χ0n) is 28.9. The summed E-state index contributed by atoms with van der Waals surface area (Å²) in [6.07, 6.45) is 8.71. The number of phenolic OH excluding ortho intramolecular Hbond substituents is 1. The van der Waals surface area contributed by atoms with E-state index < -0.39 is 57.7 Å². The predicted molar refractivity (Wildman–Crippen MR) is 177 cm³/mol. The molecule has 10 heteroatoms. The molecule has 1 spiro atoms. The van der Waals surface area contributed by atoms with Gasteiger partial charge in [0.15, 0.2) is 22.8 Å². The summed E-state index contributed by atoms with van der Waals surface area (Å²) in [4.78, 5) is 40.9. The monoisotopic (exact) mass is 662 g/mol. The quantitative estimate of drug-likeness (QED) is 0.199. The molecule has 1 aromatic carbocycles. The number of aliphatic carboxylic acids is 1. The summed E-state index contributed by atoms with van der Waals surface area (Å²) in [6.45, 7) is 14.0. The van der Waals surface area contributed by atoms with Crippen LogP contribution in [-0.2, 0) is 20.7 Å². The number of carboxylic acids is 1. The lowest BCUT2D eigenvalue weighted by Crippen LogP contribution is -2.72. The van der Waals surface area contributed by atoms with Gasteiger partial charge < -0.3 is 34.6 Å². The molecule has 3 aliphatic carbocycles. The first kappa shape index (κ1) is 34.1. The van der Waals surface area contributed by atoms with Gasteiger partial charge in [-0.05, 0) is 93.2 Å². The number of aromatic hydroxyl groups is 1. The van der Waals surface area contributed by atoms with E-state index in [2.05, 4.69) is 0 Å². The molecule has 258 valence electrons. The minimum absolute atomic E-state index is 0.0123. The molecular weight excluding hydrogens is 616 g/mol. The van der Waals surface area contributed by atoms with Gasteiger partial charge in [-0.1, -0.05) is 23.8 Å². The number of aliphatic hydroxyl groups is 2. The Balaban J connectivity index is 1.56. The first-order chi connectivity index (χ1) is 22.2. The van der Waals surface area contributed by atoms with Crippen molar-refractivity contribution in [1.82, 2.24) is 0 Å². The Kier molecular flexibility index (Phi) is 7.74. The van der Waals surface area contributed by atoms with E-state index in [1.54, 1.807) is 32.1 Å². The molecule has 6 aliphatic rings. The van der Waals surface area contributed by atoms with E-state index in [-0.39, 0.29) is 53.3 Å². The number of allylic oxidation sites excluding steroid dienone is 3. The molecule has 1 saturated carbocycles. The number of Topliss-reactive ketones (excluding diaryl/α,β-unsaturated/α-hetero) is 2. The van der Waals surface area contributed by atoms with Crippen molar-refractivity contribution >= 4 is 23.6 Å². The number of aliphatic hydroxyl groups excluding tert-OH is 1. The van der Waals surface area contributed by atoms with Gasteiger partial charge in [0, 0.05) is 35.0 Å². The highest BCUT2D eigenvalue weighted by atomic mass is 16.6. The zero-order valence-corrected chi connectivity index (χ0v) is 28.9. The standard InChI is InChI=1S/C38H46O10/c1-19(2)9-10-23-30-22(12-14-36(8,46-30)15-13-26(39)34(4,5)45)28(40)27-29(41)24-17-21-18-25-35(6,7)48-37(32(21)42,16-11-20(3)33(43)44)38(24,25)47-31(23)27/h9,11-12,14,17,21,25-26,39-40,45H,10,13,15-16,18H2,1-8H3,(H,43,44)/b20-11+/t21-,25?,26?,36+,37?,38?/m1/s1. The lowest BCUT2D eigenvalue weighted by molar-refractivity contribution is -0.171. The number of benzene rings is 1. The van der Waals surface area contributed by atoms with Crippen molar-refractivity contribution in [2.45, 2.75) is 122 Å². The summed E-state index contributed by atoms with van der Waals surface area (Å²) >= 11 is 0. The topological polar surface area (TPSA) is 160 Å². The number of phenols is 1. The molecule has 3 heterocycles. The summed E-state index contributed by atoms with van der Waals surface area (Å²) in [5, 5.41) is 42.3. The second-order valence-corrected chi connectivity index (χ2v) is 15.7. The van der Waals surface area contributed by atoms with Crippen LogP contribution in [0.1, 0.15) is 103 Å². The first-order valence-electron chi connectivity index (χ1n) is 16.6. The summed E-state index contributed by atoms with van der Waals surface area (Å²) in [5.41, 5.74) is -4.30. The van der Waals surface area contributed by atoms with Gasteiger partial charge in [-0.15, -0.1) is 0 Å². The van der Waals surface area contributed by atoms with Crippen LogP contribution in [0.25, 0.3) is 6.08 Å². The van der Waals surface area contributed by atoms with Crippen LogP contribution >= 0.6 is 0 Å². The lowest BCUT2D eigenvalue weighted by Gasteiger charge is -2.56. The third-order valence-corrected chi connectivity index (χ3v) is 11.0. The number of carboxylic acid groups (broad SMARTS) is 1. The highest BCUT2D eigenvalue weighted by Crippen LogP contribution is 2.68. The lowest BCUT2D eigenvalue weighted by atomic mass is 9.51. The summed E-state index contributed by atoms with van der Waals surface area (Å²) < 4.78 is 20.5. The van der Waals surface area contributed by atoms with Gasteiger partial charge in [0.25, 0.3) is 0 Å². The van der Waals surface area contributed by atoms with E-state index in [9.17, 15) is 34.8 Å². The number of carbonyl (C=O) groups excluding carboxylic acids is 2. The van der Waals surface area contributed by atoms with E-state index in [1.165, 1.54) is 13.0 Å². The molecule has 0 amide bonds. The highest BCUT2D eigenvalue weighted by Gasteiger charge is 2.81. The van der Waals surface area contributed by atoms with Gasteiger partial charge in [0.2, 0.25) is 0 Å². The first-order valence-corrected chi connectivity index (χ1v) is 16.6. The Morgan fingerprint density at radius 3 is 2.42 bits per heavy atom. The van der Waals surface area contributed by atoms with Crippen LogP contribution in [0, 0.1) is 11.8 Å². The Morgan fingerprint density at radius 1 is 1.10 bits per heavy atom. The Bertz CT molecular complexity index is 1750. The third kappa shape index (κ3) is 4.82. The van der Waals surface area contributed by atoms with E-state index in [1.807, 2.05) is 40.7 Å². The van der Waals surface area contributed by atoms with E-state index in [0.29, 0.717) is 29.7 Å². The van der Waals surface area contributed by atoms with Gasteiger partial charge in [-0.3, -0.25) is 9.59 Å². The normalized spacial score (nSPS) is 31.6. The summed E-state index contributed by atoms with van der Waals surface area (Å²) in [5.74, 6) is -2.78. The van der Waals surface area contributed by atoms with Crippen LogP contribution in [0.15, 0.2) is 41.0 Å². The molecule has 0 radical (unpaired) electrons. The number of carbonyl (C=O) groups is 3. The molecule has 4 bridgehead atoms. The van der Waals surface area contributed by atoms with Gasteiger partial charge in [0.05, 0.1) is 22.9 Å². The molecule has 7 rings (SSSR count). The molecule has 2 fully saturated rings. The number of ketones is 2. The molecule has 1 aromatic rings. The van der Waals surface area contributed by atoms with Crippen molar-refractivity contribution in [2.75, 3.05) is 0 Å². The molecule has 6 atom stereocenters. The summed E-state index contributed by atoms with van der Waals surface area (Å²) in [6, 6.07) is 0. The maximum Gasteiger partial charge on any atom is 0.330 e. The SMILES string of the molecule is CC(C)=CCc1c2c(c(O)c3c1OC14C(=C[C@@H]5CC1C(C)(C)OC4(C/C=C(\C)C(=O)O)C5=O)C3=O)C=C[C@@](C)(CCC(O)C(C)(C)O)O2. The average molecular weight is 663 g/mol. The van der Waals surface area contributed by atoms with Gasteiger partial charge in [-0.25, -0.2) is 4.79 Å². The highest BCUT2D eigenvalue weighted by molar-refractivity contribution is 6.19. The minimum atomic E-state index is -1.68. The summed E-state index contributed by atoms with van der Waals surface area (Å²) in [7, 11) is 0. The van der Waals surface area contributed by atoms with Gasteiger partial charge in [0.1, 0.15) is 28.4 Å². The zero-order chi connectivity index (χ0) is 35.4. The van der Waals surface area contributed by atoms with Crippen molar-refractivity contribution in [3.8, 4) is 17.2 Å². The van der Waals surface area contributed by atoms with Crippen LogP contribution in [0.2, 0.25) is 0 Å². The van der Waals surface area contributed by atoms with E-state index in [0.717, 1.165) is 5.57 Å². The Labute approximate surface area is 280 Å². The maximum absolute atomic E-state index is 14.7. The molecule has 1 saturated heterocycles. The number of hydrogen-bond acceptors (Lipinski definition) is 9. The number of ether oxygens (including phenoxy) is 3. The maximum atomic E-state index is 14.7. The average Bonchev–Trinajstić information content (AvgIpc) is 3.14. The molecule has 4 N–H and O–H groups in total. The Hall–Kier alpha value is -3.73. The second-order valence-electron chi connectivity index (χ2n) is 15.7. The third-order valence-electron chi connectivity index (χ3n) is 11.0. The Morgan fingerprint density at radius 2 is 1.79 bits per heavy atom. The van der Waals surface area contributed by atoms with Gasteiger partial charge in [-0.2, -0.15) is 0 Å². The number of rotatable bonds is 9. The number of fused-ring (bicyclic) bond motifs is 2. The molecule has 4 unspecified atom stereocenters. The van der Waals surface area contributed by atoms with E-state index in [4.69, 9.17) is 14.2 Å². The molecular formula is C38H46O10. The molecule has 10 nitrogen and oxygen atoms in total. The van der Waals surface area contributed by atoms with E-state index >= 15 is 0 Å². The van der Waals surface area contributed by atoms with Gasteiger partial charge >= 0.3 is 5.97 Å². The van der Waals surface area contributed by atoms with Crippen molar-refractivity contribution in [2.24, 2.45) is 11.8 Å². The van der Waals surface area contributed by atoms with Crippen LogP contribution < -0.4 is 9.47 Å².